The lowest BCUT2D eigenvalue weighted by Crippen LogP contribution is -2.35. The van der Waals surface area contributed by atoms with Crippen LogP contribution >= 0.6 is 0 Å². The molecule has 7 nitrogen and oxygen atoms in total. The summed E-state index contributed by atoms with van der Waals surface area (Å²) in [6.45, 7) is 2.57. The van der Waals surface area contributed by atoms with Crippen molar-refractivity contribution >= 4 is 5.91 Å². The summed E-state index contributed by atoms with van der Waals surface area (Å²) in [5, 5.41) is 0. The van der Waals surface area contributed by atoms with Gasteiger partial charge in [-0.2, -0.15) is 0 Å². The van der Waals surface area contributed by atoms with Crippen molar-refractivity contribution in [3.8, 4) is 5.69 Å². The average molecular weight is 364 g/mol. The number of benzene rings is 1. The van der Waals surface area contributed by atoms with Crippen LogP contribution in [0.4, 0.5) is 0 Å². The maximum atomic E-state index is 12.9. The van der Waals surface area contributed by atoms with Crippen LogP contribution in [-0.4, -0.2) is 45.1 Å². The third kappa shape index (κ3) is 3.04. The number of carbonyl (C=O) groups excluding carboxylic acids is 1. The summed E-state index contributed by atoms with van der Waals surface area (Å²) >= 11 is 0. The van der Waals surface area contributed by atoms with Gasteiger partial charge in [-0.15, -0.1) is 0 Å². The van der Waals surface area contributed by atoms with E-state index in [1.165, 1.54) is 0 Å². The second kappa shape index (κ2) is 6.66. The second-order valence-corrected chi connectivity index (χ2v) is 6.98. The van der Waals surface area contributed by atoms with Crippen molar-refractivity contribution in [3.05, 3.63) is 65.9 Å². The molecule has 5 rings (SSSR count). The van der Waals surface area contributed by atoms with Crippen LogP contribution in [0.2, 0.25) is 0 Å². The summed E-state index contributed by atoms with van der Waals surface area (Å²) < 4.78 is 13.3. The van der Waals surface area contributed by atoms with E-state index in [9.17, 15) is 4.79 Å². The number of hydrogen-bond acceptors (Lipinski definition) is 5. The first-order valence-electron chi connectivity index (χ1n) is 9.22. The molecule has 1 unspecified atom stereocenters. The van der Waals surface area contributed by atoms with Crippen LogP contribution in [0.3, 0.4) is 0 Å². The van der Waals surface area contributed by atoms with Crippen molar-refractivity contribution in [2.24, 2.45) is 0 Å². The average Bonchev–Trinajstić information content (AvgIpc) is 3.48. The monoisotopic (exact) mass is 364 g/mol. The van der Waals surface area contributed by atoms with Crippen molar-refractivity contribution in [2.45, 2.75) is 25.3 Å². The fourth-order valence-corrected chi connectivity index (χ4v) is 3.67. The fraction of sp³-hybridized carbons (Fsp3) is 0.350. The molecule has 2 aliphatic rings. The van der Waals surface area contributed by atoms with Crippen LogP contribution in [-0.2, 0) is 17.7 Å². The molecule has 27 heavy (non-hydrogen) atoms. The predicted octanol–water partition coefficient (Wildman–Crippen LogP) is 2.56. The molecule has 2 aliphatic heterocycles. The van der Waals surface area contributed by atoms with Gasteiger partial charge in [-0.1, -0.05) is 0 Å². The molecular weight excluding hydrogens is 344 g/mol. The van der Waals surface area contributed by atoms with E-state index in [0.29, 0.717) is 31.7 Å². The van der Waals surface area contributed by atoms with E-state index in [1.807, 2.05) is 39.9 Å². The first kappa shape index (κ1) is 16.3. The Morgan fingerprint density at radius 3 is 2.85 bits per heavy atom. The van der Waals surface area contributed by atoms with E-state index in [1.54, 1.807) is 12.5 Å². The minimum atomic E-state index is 0.0200. The summed E-state index contributed by atoms with van der Waals surface area (Å²) in [6, 6.07) is 7.58. The molecule has 0 N–H and O–H groups in total. The van der Waals surface area contributed by atoms with Gasteiger partial charge in [0, 0.05) is 43.2 Å². The van der Waals surface area contributed by atoms with Gasteiger partial charge in [0.05, 0.1) is 25.4 Å². The number of oxazole rings is 1. The van der Waals surface area contributed by atoms with Gasteiger partial charge in [-0.25, -0.2) is 9.97 Å². The number of carbonyl (C=O) groups is 1. The number of ether oxygens (including phenoxy) is 1. The maximum Gasteiger partial charge on any atom is 0.254 e. The number of hydrogen-bond donors (Lipinski definition) is 0. The highest BCUT2D eigenvalue weighted by molar-refractivity contribution is 5.94. The predicted molar refractivity (Wildman–Crippen MR) is 96.7 cm³/mol. The van der Waals surface area contributed by atoms with E-state index < -0.39 is 0 Å². The lowest BCUT2D eigenvalue weighted by Gasteiger charge is -2.25. The van der Waals surface area contributed by atoms with Gasteiger partial charge in [-0.3, -0.25) is 4.79 Å². The minimum Gasteiger partial charge on any atom is -0.445 e. The molecule has 0 radical (unpaired) electrons. The molecule has 1 aromatic carbocycles. The summed E-state index contributed by atoms with van der Waals surface area (Å²) in [6.07, 6.45) is 7.00. The lowest BCUT2D eigenvalue weighted by molar-refractivity contribution is 0.0728. The molecule has 0 spiro atoms. The molecule has 3 aromatic rings. The van der Waals surface area contributed by atoms with Gasteiger partial charge in [0.2, 0.25) is 0 Å². The van der Waals surface area contributed by atoms with Crippen LogP contribution in [0.1, 0.15) is 40.0 Å². The highest BCUT2D eigenvalue weighted by Crippen LogP contribution is 2.29. The van der Waals surface area contributed by atoms with Crippen molar-refractivity contribution in [1.29, 1.82) is 0 Å². The molecule has 2 aromatic heterocycles. The summed E-state index contributed by atoms with van der Waals surface area (Å²) in [5.74, 6) is 1.94. The van der Waals surface area contributed by atoms with E-state index in [0.717, 1.165) is 36.1 Å². The molecule has 1 fully saturated rings. The summed E-state index contributed by atoms with van der Waals surface area (Å²) in [7, 11) is 0. The Bertz CT molecular complexity index is 940. The van der Waals surface area contributed by atoms with Gasteiger partial charge in [0.15, 0.2) is 5.89 Å². The second-order valence-electron chi connectivity index (χ2n) is 6.98. The maximum absolute atomic E-state index is 12.9. The number of aromatic nitrogens is 3. The topological polar surface area (TPSA) is 73.4 Å². The van der Waals surface area contributed by atoms with Crippen LogP contribution in [0.25, 0.3) is 5.69 Å². The molecule has 0 aliphatic carbocycles. The molecule has 1 amide bonds. The Hall–Kier alpha value is -2.93. The molecular formula is C20H20N4O3. The van der Waals surface area contributed by atoms with E-state index in [2.05, 4.69) is 9.97 Å². The largest absolute Gasteiger partial charge is 0.445 e. The Labute approximate surface area is 156 Å². The number of amides is 1. The zero-order valence-corrected chi connectivity index (χ0v) is 14.9. The normalized spacial score (nSPS) is 19.3. The van der Waals surface area contributed by atoms with Crippen molar-refractivity contribution in [3.63, 3.8) is 0 Å². The molecule has 1 atom stereocenters. The van der Waals surface area contributed by atoms with Gasteiger partial charge >= 0.3 is 0 Å². The molecule has 4 heterocycles. The minimum absolute atomic E-state index is 0.0200. The van der Waals surface area contributed by atoms with Crippen LogP contribution in [0.15, 0.2) is 47.4 Å². The molecule has 7 heteroatoms. The Morgan fingerprint density at radius 2 is 2.11 bits per heavy atom. The smallest absolute Gasteiger partial charge is 0.254 e. The van der Waals surface area contributed by atoms with Crippen LogP contribution in [0.5, 0.6) is 0 Å². The van der Waals surface area contributed by atoms with Gasteiger partial charge in [0.1, 0.15) is 11.5 Å². The van der Waals surface area contributed by atoms with Gasteiger partial charge < -0.3 is 18.6 Å². The van der Waals surface area contributed by atoms with E-state index in [4.69, 9.17) is 9.15 Å². The Kier molecular flexibility index (Phi) is 4.01. The highest BCUT2D eigenvalue weighted by atomic mass is 16.5. The number of rotatable bonds is 3. The number of fused-ring (bicyclic) bond motifs is 1. The SMILES string of the molecule is O=C(c1ccc(-n2ccnc2)cc1)N1CCc2oc(C3CCOC3)nc2C1. The van der Waals surface area contributed by atoms with Gasteiger partial charge in [-0.05, 0) is 30.7 Å². The third-order valence-electron chi connectivity index (χ3n) is 5.23. The van der Waals surface area contributed by atoms with Crippen molar-refractivity contribution in [1.82, 2.24) is 19.4 Å². The zero-order valence-electron chi connectivity index (χ0n) is 14.9. The third-order valence-corrected chi connectivity index (χ3v) is 5.23. The highest BCUT2D eigenvalue weighted by Gasteiger charge is 2.29. The molecule has 0 bridgehead atoms. The standard InChI is InChI=1S/C20H20N4O3/c25-20(14-1-3-16(4-2-14)24-9-7-21-13-24)23-8-5-18-17(11-23)22-19(27-18)15-6-10-26-12-15/h1-4,7,9,13,15H,5-6,8,10-12H2. The molecule has 0 saturated carbocycles. The molecule has 1 saturated heterocycles. The summed E-state index contributed by atoms with van der Waals surface area (Å²) in [4.78, 5) is 23.4. The van der Waals surface area contributed by atoms with E-state index in [-0.39, 0.29) is 11.8 Å². The van der Waals surface area contributed by atoms with E-state index >= 15 is 0 Å². The fourth-order valence-electron chi connectivity index (χ4n) is 3.67. The zero-order chi connectivity index (χ0) is 18.2. The van der Waals surface area contributed by atoms with Crippen LogP contribution < -0.4 is 0 Å². The lowest BCUT2D eigenvalue weighted by atomic mass is 10.1. The number of nitrogens with zero attached hydrogens (tertiary/aromatic N) is 4. The van der Waals surface area contributed by atoms with Crippen molar-refractivity contribution in [2.75, 3.05) is 19.8 Å². The van der Waals surface area contributed by atoms with Crippen LogP contribution in [0, 0.1) is 0 Å². The first-order chi connectivity index (χ1) is 13.3. The quantitative estimate of drug-likeness (QED) is 0.714. The number of imidazole rings is 1. The Balaban J connectivity index is 1.31. The molecule has 138 valence electrons. The van der Waals surface area contributed by atoms with Gasteiger partial charge in [0.25, 0.3) is 5.91 Å². The summed E-state index contributed by atoms with van der Waals surface area (Å²) in [5.41, 5.74) is 2.53. The Morgan fingerprint density at radius 1 is 1.22 bits per heavy atom. The first-order valence-corrected chi connectivity index (χ1v) is 9.22. The van der Waals surface area contributed by atoms with Crippen molar-refractivity contribution < 1.29 is 13.9 Å².